The van der Waals surface area contributed by atoms with Gasteiger partial charge in [0.25, 0.3) is 11.5 Å². The molecule has 1 aromatic rings. The lowest BCUT2D eigenvalue weighted by atomic mass is 10.1. The van der Waals surface area contributed by atoms with E-state index in [4.69, 9.17) is 5.73 Å². The highest BCUT2D eigenvalue weighted by Gasteiger charge is 2.23. The number of amides is 1. The van der Waals surface area contributed by atoms with Gasteiger partial charge in [-0.15, -0.1) is 0 Å². The van der Waals surface area contributed by atoms with Gasteiger partial charge in [0, 0.05) is 25.2 Å². The number of aromatic nitrogens is 2. The van der Waals surface area contributed by atoms with E-state index in [0.29, 0.717) is 13.1 Å². The number of nitrogens with zero attached hydrogens (tertiary/aromatic N) is 2. The van der Waals surface area contributed by atoms with Gasteiger partial charge in [-0.05, 0) is 18.9 Å². The van der Waals surface area contributed by atoms with Crippen molar-refractivity contribution in [2.24, 2.45) is 5.73 Å². The minimum absolute atomic E-state index is 0.0421. The summed E-state index contributed by atoms with van der Waals surface area (Å²) in [5, 5.41) is 5.96. The fraction of sp³-hybridized carbons (Fsp3) is 0.500. The van der Waals surface area contributed by atoms with E-state index in [1.165, 1.54) is 12.1 Å². The van der Waals surface area contributed by atoms with Crippen molar-refractivity contribution in [2.45, 2.75) is 18.9 Å². The van der Waals surface area contributed by atoms with Gasteiger partial charge in [-0.1, -0.05) is 0 Å². The third kappa shape index (κ3) is 2.27. The van der Waals surface area contributed by atoms with Crippen molar-refractivity contribution < 1.29 is 4.79 Å². The van der Waals surface area contributed by atoms with E-state index in [2.05, 4.69) is 10.2 Å². The SMILES string of the molecule is N[C@@H]1CCCN(C(=O)c2ccc(=O)[nH]n2)C1. The van der Waals surface area contributed by atoms with Gasteiger partial charge in [0.05, 0.1) is 0 Å². The number of likely N-dealkylation sites (tertiary alicyclic amines) is 1. The Balaban J connectivity index is 2.12. The Morgan fingerprint density at radius 3 is 3.00 bits per heavy atom. The second-order valence-corrected chi connectivity index (χ2v) is 3.96. The van der Waals surface area contributed by atoms with E-state index >= 15 is 0 Å². The number of rotatable bonds is 1. The Hall–Kier alpha value is -1.69. The van der Waals surface area contributed by atoms with Crippen LogP contribution in [0.25, 0.3) is 0 Å². The molecule has 2 rings (SSSR count). The normalized spacial score (nSPS) is 20.8. The monoisotopic (exact) mass is 222 g/mol. The number of piperidine rings is 1. The van der Waals surface area contributed by atoms with Crippen LogP contribution in [0, 0.1) is 0 Å². The van der Waals surface area contributed by atoms with Crippen LogP contribution in [-0.2, 0) is 0 Å². The average Bonchev–Trinajstić information content (AvgIpc) is 2.29. The first-order valence-electron chi connectivity index (χ1n) is 5.27. The molecule has 3 N–H and O–H groups in total. The summed E-state index contributed by atoms with van der Waals surface area (Å²) < 4.78 is 0. The van der Waals surface area contributed by atoms with Crippen molar-refractivity contribution in [1.29, 1.82) is 0 Å². The van der Waals surface area contributed by atoms with Crippen LogP contribution in [-0.4, -0.2) is 40.1 Å². The molecule has 1 aliphatic rings. The van der Waals surface area contributed by atoms with Crippen molar-refractivity contribution >= 4 is 5.91 Å². The first-order valence-corrected chi connectivity index (χ1v) is 5.27. The molecule has 6 heteroatoms. The highest BCUT2D eigenvalue weighted by molar-refractivity contribution is 5.92. The molecule has 1 saturated heterocycles. The molecule has 0 unspecified atom stereocenters. The van der Waals surface area contributed by atoms with E-state index in [-0.39, 0.29) is 23.2 Å². The largest absolute Gasteiger partial charge is 0.336 e. The zero-order valence-electron chi connectivity index (χ0n) is 8.85. The molecular formula is C10H14N4O2. The molecule has 6 nitrogen and oxygen atoms in total. The van der Waals surface area contributed by atoms with Crippen LogP contribution in [0.1, 0.15) is 23.3 Å². The Kier molecular flexibility index (Phi) is 3.00. The first kappa shape index (κ1) is 10.8. The van der Waals surface area contributed by atoms with Crippen LogP contribution in [0.5, 0.6) is 0 Å². The Bertz CT molecular complexity index is 422. The van der Waals surface area contributed by atoms with Crippen LogP contribution in [0.15, 0.2) is 16.9 Å². The van der Waals surface area contributed by atoms with Gasteiger partial charge in [-0.2, -0.15) is 5.10 Å². The van der Waals surface area contributed by atoms with Crippen LogP contribution in [0.3, 0.4) is 0 Å². The molecule has 2 heterocycles. The number of H-pyrrole nitrogens is 1. The van der Waals surface area contributed by atoms with Crippen molar-refractivity contribution in [1.82, 2.24) is 15.1 Å². The predicted octanol–water partition coefficient (Wildman–Crippen LogP) is -0.667. The van der Waals surface area contributed by atoms with Gasteiger partial charge < -0.3 is 10.6 Å². The Morgan fingerprint density at radius 1 is 1.56 bits per heavy atom. The van der Waals surface area contributed by atoms with Gasteiger partial charge in [0.15, 0.2) is 0 Å². The Morgan fingerprint density at radius 2 is 2.38 bits per heavy atom. The molecule has 0 bridgehead atoms. The number of hydrogen-bond acceptors (Lipinski definition) is 4. The molecule has 0 radical (unpaired) electrons. The zero-order chi connectivity index (χ0) is 11.5. The summed E-state index contributed by atoms with van der Waals surface area (Å²) in [5.74, 6) is -0.175. The number of nitrogens with two attached hydrogens (primary N) is 1. The second kappa shape index (κ2) is 4.44. The topological polar surface area (TPSA) is 92.1 Å². The van der Waals surface area contributed by atoms with Crippen LogP contribution in [0.4, 0.5) is 0 Å². The third-order valence-electron chi connectivity index (χ3n) is 2.64. The van der Waals surface area contributed by atoms with Gasteiger partial charge >= 0.3 is 0 Å². The first-order chi connectivity index (χ1) is 7.66. The van der Waals surface area contributed by atoms with Crippen molar-refractivity contribution in [2.75, 3.05) is 13.1 Å². The van der Waals surface area contributed by atoms with Crippen molar-refractivity contribution in [3.05, 3.63) is 28.2 Å². The van der Waals surface area contributed by atoms with E-state index in [9.17, 15) is 9.59 Å². The van der Waals surface area contributed by atoms with Crippen LogP contribution in [0.2, 0.25) is 0 Å². The molecular weight excluding hydrogens is 208 g/mol. The maximum absolute atomic E-state index is 11.9. The van der Waals surface area contributed by atoms with E-state index in [1.54, 1.807) is 4.90 Å². The molecule has 0 aliphatic carbocycles. The fourth-order valence-corrected chi connectivity index (χ4v) is 1.82. The molecule has 1 aromatic heterocycles. The van der Waals surface area contributed by atoms with Crippen LogP contribution >= 0.6 is 0 Å². The minimum atomic E-state index is -0.313. The Labute approximate surface area is 92.4 Å². The molecule has 0 spiro atoms. The van der Waals surface area contributed by atoms with E-state index < -0.39 is 0 Å². The fourth-order valence-electron chi connectivity index (χ4n) is 1.82. The maximum atomic E-state index is 11.9. The summed E-state index contributed by atoms with van der Waals surface area (Å²) >= 11 is 0. The number of nitrogens with one attached hydrogen (secondary N) is 1. The van der Waals surface area contributed by atoms with Gasteiger partial charge in [-0.25, -0.2) is 5.10 Å². The maximum Gasteiger partial charge on any atom is 0.274 e. The molecule has 1 aliphatic heterocycles. The molecule has 16 heavy (non-hydrogen) atoms. The third-order valence-corrected chi connectivity index (χ3v) is 2.64. The lowest BCUT2D eigenvalue weighted by molar-refractivity contribution is 0.0701. The molecule has 0 aromatic carbocycles. The highest BCUT2D eigenvalue weighted by Crippen LogP contribution is 2.10. The van der Waals surface area contributed by atoms with Gasteiger partial charge in [-0.3, -0.25) is 9.59 Å². The van der Waals surface area contributed by atoms with Crippen LogP contribution < -0.4 is 11.3 Å². The summed E-state index contributed by atoms with van der Waals surface area (Å²) in [7, 11) is 0. The van der Waals surface area contributed by atoms with E-state index in [0.717, 1.165) is 12.8 Å². The molecule has 0 saturated carbocycles. The zero-order valence-corrected chi connectivity index (χ0v) is 8.85. The predicted molar refractivity (Wildman–Crippen MR) is 58.0 cm³/mol. The summed E-state index contributed by atoms with van der Waals surface area (Å²) in [6, 6.07) is 2.77. The lowest BCUT2D eigenvalue weighted by Gasteiger charge is -2.30. The van der Waals surface area contributed by atoms with Crippen molar-refractivity contribution in [3.8, 4) is 0 Å². The molecule has 1 atom stereocenters. The summed E-state index contributed by atoms with van der Waals surface area (Å²) in [6.07, 6.45) is 1.86. The van der Waals surface area contributed by atoms with Gasteiger partial charge in [0.1, 0.15) is 5.69 Å². The number of aromatic amines is 1. The highest BCUT2D eigenvalue weighted by atomic mass is 16.2. The minimum Gasteiger partial charge on any atom is -0.336 e. The average molecular weight is 222 g/mol. The molecule has 1 amide bonds. The molecule has 1 fully saturated rings. The summed E-state index contributed by atoms with van der Waals surface area (Å²) in [6.45, 7) is 1.26. The van der Waals surface area contributed by atoms with Crippen molar-refractivity contribution in [3.63, 3.8) is 0 Å². The molecule has 86 valence electrons. The number of carbonyl (C=O) groups is 1. The standard InChI is InChI=1S/C10H14N4O2/c11-7-2-1-5-14(6-7)10(16)8-3-4-9(15)13-12-8/h3-4,7H,1-2,5-6,11H2,(H,13,15)/t7-/m1/s1. The van der Waals surface area contributed by atoms with E-state index in [1.807, 2.05) is 0 Å². The summed E-state index contributed by atoms with van der Waals surface area (Å²) in [5.41, 5.74) is 5.74. The smallest absolute Gasteiger partial charge is 0.274 e. The second-order valence-electron chi connectivity index (χ2n) is 3.96. The quantitative estimate of drug-likeness (QED) is 0.659. The number of hydrogen-bond donors (Lipinski definition) is 2. The lowest BCUT2D eigenvalue weighted by Crippen LogP contribution is -2.46. The van der Waals surface area contributed by atoms with Gasteiger partial charge in [0.2, 0.25) is 0 Å². The summed E-state index contributed by atoms with van der Waals surface area (Å²) in [4.78, 5) is 24.4. The number of carbonyl (C=O) groups excluding carboxylic acids is 1.